The summed E-state index contributed by atoms with van der Waals surface area (Å²) in [5.74, 6) is 0.870. The van der Waals surface area contributed by atoms with E-state index in [4.69, 9.17) is 0 Å². The largest absolute Gasteiger partial charge is 0.373 e. The molecule has 0 aliphatic rings. The number of aryl methyl sites for hydroxylation is 2. The highest BCUT2D eigenvalue weighted by Crippen LogP contribution is 2.18. The first-order valence-corrected chi connectivity index (χ1v) is 7.10. The summed E-state index contributed by atoms with van der Waals surface area (Å²) < 4.78 is 0. The van der Waals surface area contributed by atoms with Crippen LogP contribution in [0.15, 0.2) is 36.4 Å². The van der Waals surface area contributed by atoms with Crippen molar-refractivity contribution in [3.63, 3.8) is 0 Å². The summed E-state index contributed by atoms with van der Waals surface area (Å²) in [6.45, 7) is 5.53. The zero-order chi connectivity index (χ0) is 16.1. The number of aromatic nitrogens is 1. The maximum absolute atomic E-state index is 10.6. The molecular formula is C16H20N4O2. The van der Waals surface area contributed by atoms with Crippen molar-refractivity contribution in [1.82, 2.24) is 4.98 Å². The van der Waals surface area contributed by atoms with Crippen LogP contribution in [-0.2, 0) is 0 Å². The Hall–Kier alpha value is -2.63. The van der Waals surface area contributed by atoms with Gasteiger partial charge in [0.1, 0.15) is 5.82 Å². The number of nitrogens with zero attached hydrogens (tertiary/aromatic N) is 3. The molecule has 1 heterocycles. The molecule has 0 unspecified atom stereocenters. The highest BCUT2D eigenvalue weighted by atomic mass is 16.6. The summed E-state index contributed by atoms with van der Waals surface area (Å²) in [5, 5.41) is 13.9. The fourth-order valence-electron chi connectivity index (χ4n) is 2.24. The number of nitrogens with one attached hydrogen (secondary N) is 1. The average Bonchev–Trinajstić information content (AvgIpc) is 2.46. The van der Waals surface area contributed by atoms with Gasteiger partial charge in [-0.1, -0.05) is 0 Å². The molecule has 0 saturated carbocycles. The van der Waals surface area contributed by atoms with E-state index in [0.717, 1.165) is 30.3 Å². The maximum Gasteiger partial charge on any atom is 0.269 e. The van der Waals surface area contributed by atoms with Gasteiger partial charge in [-0.25, -0.2) is 4.98 Å². The molecule has 0 aliphatic carbocycles. The maximum atomic E-state index is 10.6. The van der Waals surface area contributed by atoms with E-state index in [1.54, 1.807) is 12.1 Å². The minimum Gasteiger partial charge on any atom is -0.373 e. The fourth-order valence-corrected chi connectivity index (χ4v) is 2.24. The van der Waals surface area contributed by atoms with Gasteiger partial charge in [0.15, 0.2) is 0 Å². The lowest BCUT2D eigenvalue weighted by atomic mass is 10.2. The molecule has 1 aromatic heterocycles. The number of pyridine rings is 1. The molecule has 0 atom stereocenters. The molecule has 1 N–H and O–H groups in total. The molecule has 0 amide bonds. The molecule has 6 heteroatoms. The minimum atomic E-state index is -0.392. The van der Waals surface area contributed by atoms with Crippen molar-refractivity contribution in [2.24, 2.45) is 0 Å². The molecule has 0 fully saturated rings. The number of anilines is 2. The van der Waals surface area contributed by atoms with Gasteiger partial charge < -0.3 is 10.2 Å². The molecule has 2 aromatic rings. The lowest BCUT2D eigenvalue weighted by Gasteiger charge is -2.19. The predicted molar refractivity (Wildman–Crippen MR) is 88.6 cm³/mol. The number of nitro benzene ring substituents is 1. The van der Waals surface area contributed by atoms with Crippen LogP contribution in [0.4, 0.5) is 17.2 Å². The number of non-ortho nitro benzene ring substituents is 1. The average molecular weight is 300 g/mol. The Morgan fingerprint density at radius 1 is 1.23 bits per heavy atom. The summed E-state index contributed by atoms with van der Waals surface area (Å²) in [6, 6.07) is 10.6. The van der Waals surface area contributed by atoms with Gasteiger partial charge in [-0.2, -0.15) is 0 Å². The number of hydrogen-bond acceptors (Lipinski definition) is 5. The lowest BCUT2D eigenvalue weighted by molar-refractivity contribution is -0.384. The Balaban J connectivity index is 1.89. The molecule has 0 spiro atoms. The molecule has 116 valence electrons. The van der Waals surface area contributed by atoms with Crippen LogP contribution in [0, 0.1) is 24.0 Å². The van der Waals surface area contributed by atoms with E-state index in [2.05, 4.69) is 10.3 Å². The van der Waals surface area contributed by atoms with E-state index in [9.17, 15) is 10.1 Å². The van der Waals surface area contributed by atoms with Crippen LogP contribution >= 0.6 is 0 Å². The third-order valence-corrected chi connectivity index (χ3v) is 3.35. The Morgan fingerprint density at radius 2 is 1.91 bits per heavy atom. The summed E-state index contributed by atoms with van der Waals surface area (Å²) in [6.07, 6.45) is 0. The highest BCUT2D eigenvalue weighted by Gasteiger charge is 2.06. The summed E-state index contributed by atoms with van der Waals surface area (Å²) >= 11 is 0. The van der Waals surface area contributed by atoms with Crippen LogP contribution in [0.1, 0.15) is 11.3 Å². The quantitative estimate of drug-likeness (QED) is 0.655. The van der Waals surface area contributed by atoms with Crippen molar-refractivity contribution in [2.45, 2.75) is 13.8 Å². The molecule has 22 heavy (non-hydrogen) atoms. The monoisotopic (exact) mass is 300 g/mol. The van der Waals surface area contributed by atoms with Crippen molar-refractivity contribution in [2.75, 3.05) is 30.4 Å². The van der Waals surface area contributed by atoms with Crippen LogP contribution < -0.4 is 10.2 Å². The molecule has 0 saturated heterocycles. The second kappa shape index (κ2) is 6.89. The molecule has 0 radical (unpaired) electrons. The van der Waals surface area contributed by atoms with Crippen LogP contribution in [-0.4, -0.2) is 30.0 Å². The molecule has 1 aromatic carbocycles. The van der Waals surface area contributed by atoms with Gasteiger partial charge in [-0.05, 0) is 43.7 Å². The number of benzene rings is 1. The Kier molecular flexibility index (Phi) is 4.93. The smallest absolute Gasteiger partial charge is 0.269 e. The zero-order valence-electron chi connectivity index (χ0n) is 13.0. The molecular weight excluding hydrogens is 280 g/mol. The summed E-state index contributed by atoms with van der Waals surface area (Å²) in [4.78, 5) is 16.7. The first-order valence-electron chi connectivity index (χ1n) is 7.10. The number of rotatable bonds is 6. The highest BCUT2D eigenvalue weighted by molar-refractivity contribution is 5.50. The van der Waals surface area contributed by atoms with Gasteiger partial charge >= 0.3 is 0 Å². The van der Waals surface area contributed by atoms with Crippen LogP contribution in [0.3, 0.4) is 0 Å². The summed E-state index contributed by atoms with van der Waals surface area (Å²) in [7, 11) is 1.96. The molecule has 6 nitrogen and oxygen atoms in total. The predicted octanol–water partition coefficient (Wildman–Crippen LogP) is 3.15. The second-order valence-electron chi connectivity index (χ2n) is 5.29. The number of nitro groups is 1. The van der Waals surface area contributed by atoms with Crippen molar-refractivity contribution < 1.29 is 4.92 Å². The molecule has 0 bridgehead atoms. The molecule has 2 rings (SSSR count). The van der Waals surface area contributed by atoms with E-state index in [1.165, 1.54) is 17.7 Å². The SMILES string of the molecule is Cc1cc(C)nc(NCCN(C)c2ccc([N+](=O)[O-])cc2)c1. The van der Waals surface area contributed by atoms with Gasteiger partial charge in [-0.3, -0.25) is 10.1 Å². The Labute approximate surface area is 129 Å². The fraction of sp³-hybridized carbons (Fsp3) is 0.312. The third kappa shape index (κ3) is 4.18. The standard InChI is InChI=1S/C16H20N4O2/c1-12-10-13(2)18-16(11-12)17-8-9-19(3)14-4-6-15(7-5-14)20(21)22/h4-7,10-11H,8-9H2,1-3H3,(H,17,18). The van der Waals surface area contributed by atoms with E-state index in [-0.39, 0.29) is 5.69 Å². The van der Waals surface area contributed by atoms with Gasteiger partial charge in [0.05, 0.1) is 4.92 Å². The van der Waals surface area contributed by atoms with Crippen molar-refractivity contribution in [3.8, 4) is 0 Å². The van der Waals surface area contributed by atoms with E-state index in [1.807, 2.05) is 37.9 Å². The normalized spacial score (nSPS) is 10.3. The Bertz CT molecular complexity index is 635. The van der Waals surface area contributed by atoms with Gasteiger partial charge in [0.25, 0.3) is 5.69 Å². The van der Waals surface area contributed by atoms with Gasteiger partial charge in [-0.15, -0.1) is 0 Å². The van der Waals surface area contributed by atoms with Crippen molar-refractivity contribution in [3.05, 3.63) is 57.8 Å². The van der Waals surface area contributed by atoms with Crippen molar-refractivity contribution in [1.29, 1.82) is 0 Å². The van der Waals surface area contributed by atoms with E-state index in [0.29, 0.717) is 0 Å². The number of hydrogen-bond donors (Lipinski definition) is 1. The van der Waals surface area contributed by atoms with Crippen LogP contribution in [0.5, 0.6) is 0 Å². The van der Waals surface area contributed by atoms with E-state index >= 15 is 0 Å². The topological polar surface area (TPSA) is 71.3 Å². The van der Waals surface area contributed by atoms with Crippen LogP contribution in [0.2, 0.25) is 0 Å². The van der Waals surface area contributed by atoms with E-state index < -0.39 is 4.92 Å². The number of likely N-dealkylation sites (N-methyl/N-ethyl adjacent to an activating group) is 1. The van der Waals surface area contributed by atoms with Gasteiger partial charge in [0.2, 0.25) is 0 Å². The van der Waals surface area contributed by atoms with Crippen molar-refractivity contribution >= 4 is 17.2 Å². The molecule has 0 aliphatic heterocycles. The zero-order valence-corrected chi connectivity index (χ0v) is 13.0. The third-order valence-electron chi connectivity index (χ3n) is 3.35. The first kappa shape index (κ1) is 15.8. The lowest BCUT2D eigenvalue weighted by Crippen LogP contribution is -2.25. The summed E-state index contributed by atoms with van der Waals surface area (Å²) in [5.41, 5.74) is 3.22. The minimum absolute atomic E-state index is 0.106. The first-order chi connectivity index (χ1) is 10.5. The Morgan fingerprint density at radius 3 is 2.50 bits per heavy atom. The second-order valence-corrected chi connectivity index (χ2v) is 5.29. The van der Waals surface area contributed by atoms with Gasteiger partial charge in [0, 0.05) is 43.7 Å². The van der Waals surface area contributed by atoms with Crippen LogP contribution in [0.25, 0.3) is 0 Å².